The van der Waals surface area contributed by atoms with E-state index in [1.807, 2.05) is 24.3 Å². The van der Waals surface area contributed by atoms with Gasteiger partial charge in [0.2, 0.25) is 10.0 Å². The molecule has 0 atom stereocenters. The molecule has 0 bridgehead atoms. The molecular weight excluding hydrogens is 314 g/mol. The summed E-state index contributed by atoms with van der Waals surface area (Å²) in [4.78, 5) is 18.6. The molecule has 0 spiro atoms. The molecular formula is C16H17N3O3S. The van der Waals surface area contributed by atoms with Crippen LogP contribution in [0, 0.1) is 0 Å². The van der Waals surface area contributed by atoms with E-state index in [1.54, 1.807) is 17.0 Å². The lowest BCUT2D eigenvalue weighted by atomic mass is 10.1. The Morgan fingerprint density at radius 2 is 2.09 bits per heavy atom. The van der Waals surface area contributed by atoms with Crippen molar-refractivity contribution in [1.82, 2.24) is 9.71 Å². The van der Waals surface area contributed by atoms with Crippen molar-refractivity contribution in [3.05, 3.63) is 59.4 Å². The van der Waals surface area contributed by atoms with Crippen LogP contribution in [0.1, 0.15) is 21.6 Å². The van der Waals surface area contributed by atoms with Crippen molar-refractivity contribution in [3.63, 3.8) is 0 Å². The number of benzene rings is 1. The monoisotopic (exact) mass is 331 g/mol. The van der Waals surface area contributed by atoms with E-state index < -0.39 is 10.0 Å². The molecule has 1 aromatic heterocycles. The second-order valence-corrected chi connectivity index (χ2v) is 7.30. The third-order valence-electron chi connectivity index (χ3n) is 3.71. The zero-order chi connectivity index (χ0) is 16.4. The minimum atomic E-state index is -3.30. The lowest BCUT2D eigenvalue weighted by Crippen LogP contribution is -2.29. The summed E-state index contributed by atoms with van der Waals surface area (Å²) in [6.45, 7) is 0.716. The van der Waals surface area contributed by atoms with Crippen molar-refractivity contribution >= 4 is 21.6 Å². The highest BCUT2D eigenvalue weighted by Gasteiger charge is 2.25. The average molecular weight is 331 g/mol. The lowest BCUT2D eigenvalue weighted by molar-refractivity contribution is 0.0989. The number of hydrogen-bond acceptors (Lipinski definition) is 4. The predicted octanol–water partition coefficient (Wildman–Crippen LogP) is 1.33. The molecule has 0 fully saturated rings. The number of carbonyl (C=O) groups excluding carboxylic acids is 1. The van der Waals surface area contributed by atoms with Gasteiger partial charge < -0.3 is 4.90 Å². The number of para-hydroxylation sites is 1. The Kier molecular flexibility index (Phi) is 4.14. The highest BCUT2D eigenvalue weighted by atomic mass is 32.2. The number of nitrogens with one attached hydrogen (secondary N) is 1. The average Bonchev–Trinajstić information content (AvgIpc) is 2.96. The molecule has 1 aliphatic rings. The molecule has 0 saturated carbocycles. The Morgan fingerprint density at radius 1 is 1.30 bits per heavy atom. The van der Waals surface area contributed by atoms with E-state index in [-0.39, 0.29) is 12.5 Å². The zero-order valence-corrected chi connectivity index (χ0v) is 13.5. The van der Waals surface area contributed by atoms with Gasteiger partial charge in [0.05, 0.1) is 18.5 Å². The molecule has 0 radical (unpaired) electrons. The summed E-state index contributed by atoms with van der Waals surface area (Å²) in [5.41, 5.74) is 3.11. The second-order valence-electron chi connectivity index (χ2n) is 5.46. The highest BCUT2D eigenvalue weighted by Crippen LogP contribution is 2.28. The van der Waals surface area contributed by atoms with E-state index in [9.17, 15) is 13.2 Å². The van der Waals surface area contributed by atoms with Crippen molar-refractivity contribution in [1.29, 1.82) is 0 Å². The van der Waals surface area contributed by atoms with Gasteiger partial charge >= 0.3 is 0 Å². The summed E-state index contributed by atoms with van der Waals surface area (Å²) in [6.07, 6.45) is 3.45. The van der Waals surface area contributed by atoms with Gasteiger partial charge in [-0.3, -0.25) is 9.78 Å². The molecule has 2 aromatic rings. The molecule has 1 aromatic carbocycles. The molecule has 0 saturated heterocycles. The summed E-state index contributed by atoms with van der Waals surface area (Å²) >= 11 is 0. The molecule has 0 unspecified atom stereocenters. The Labute approximate surface area is 135 Å². The normalized spacial score (nSPS) is 13.9. The van der Waals surface area contributed by atoms with E-state index in [0.717, 1.165) is 23.9 Å². The molecule has 120 valence electrons. The number of carbonyl (C=O) groups is 1. The molecule has 1 N–H and O–H groups in total. The molecule has 1 amide bonds. The SMILES string of the molecule is CS(=O)(=O)NCc1cc(C(=O)N2CCc3ccccc32)ccn1. The van der Waals surface area contributed by atoms with E-state index in [1.165, 1.54) is 6.20 Å². The molecule has 7 heteroatoms. The molecule has 2 heterocycles. The smallest absolute Gasteiger partial charge is 0.258 e. The number of nitrogens with zero attached hydrogens (tertiary/aromatic N) is 2. The van der Waals surface area contributed by atoms with E-state index >= 15 is 0 Å². The van der Waals surface area contributed by atoms with Crippen molar-refractivity contribution in [2.24, 2.45) is 0 Å². The first-order valence-electron chi connectivity index (χ1n) is 7.23. The van der Waals surface area contributed by atoms with Gasteiger partial charge in [-0.1, -0.05) is 18.2 Å². The lowest BCUT2D eigenvalue weighted by Gasteiger charge is -2.17. The van der Waals surface area contributed by atoms with Gasteiger partial charge in [0.1, 0.15) is 0 Å². The van der Waals surface area contributed by atoms with E-state index in [2.05, 4.69) is 9.71 Å². The maximum absolute atomic E-state index is 12.7. The van der Waals surface area contributed by atoms with E-state index in [0.29, 0.717) is 17.8 Å². The number of sulfonamides is 1. The van der Waals surface area contributed by atoms with Crippen LogP contribution in [0.5, 0.6) is 0 Å². The number of anilines is 1. The van der Waals surface area contributed by atoms with E-state index in [4.69, 9.17) is 0 Å². The zero-order valence-electron chi connectivity index (χ0n) is 12.7. The minimum absolute atomic E-state index is 0.0660. The van der Waals surface area contributed by atoms with Crippen LogP contribution < -0.4 is 9.62 Å². The van der Waals surface area contributed by atoms with Gasteiger partial charge in [-0.05, 0) is 30.2 Å². The first-order valence-corrected chi connectivity index (χ1v) is 9.12. The largest absolute Gasteiger partial charge is 0.308 e. The van der Waals surface area contributed by atoms with Crippen LogP contribution in [-0.4, -0.2) is 32.1 Å². The van der Waals surface area contributed by atoms with Crippen molar-refractivity contribution in [3.8, 4) is 0 Å². The summed E-state index contributed by atoms with van der Waals surface area (Å²) in [5.74, 6) is -0.0991. The first kappa shape index (κ1) is 15.6. The topological polar surface area (TPSA) is 79.4 Å². The number of fused-ring (bicyclic) bond motifs is 1. The Hall–Kier alpha value is -2.25. The van der Waals surface area contributed by atoms with Crippen LogP contribution in [-0.2, 0) is 23.0 Å². The van der Waals surface area contributed by atoms with Gasteiger partial charge in [-0.15, -0.1) is 0 Å². The van der Waals surface area contributed by atoms with Gasteiger partial charge in [-0.25, -0.2) is 13.1 Å². The van der Waals surface area contributed by atoms with Crippen LogP contribution in [0.4, 0.5) is 5.69 Å². The van der Waals surface area contributed by atoms with Crippen molar-refractivity contribution in [2.75, 3.05) is 17.7 Å². The summed E-state index contributed by atoms with van der Waals surface area (Å²) in [6, 6.07) is 11.1. The first-order chi connectivity index (χ1) is 10.9. The predicted molar refractivity (Wildman–Crippen MR) is 87.7 cm³/mol. The van der Waals surface area contributed by atoms with Crippen LogP contribution in [0.3, 0.4) is 0 Å². The summed E-state index contributed by atoms with van der Waals surface area (Å²) in [5, 5.41) is 0. The number of aromatic nitrogens is 1. The number of rotatable bonds is 4. The maximum atomic E-state index is 12.7. The van der Waals surface area contributed by atoms with Gasteiger partial charge in [0, 0.05) is 24.0 Å². The van der Waals surface area contributed by atoms with Crippen LogP contribution >= 0.6 is 0 Å². The Bertz CT molecular complexity index is 849. The third kappa shape index (κ3) is 3.57. The minimum Gasteiger partial charge on any atom is -0.308 e. The molecule has 1 aliphatic heterocycles. The third-order valence-corrected chi connectivity index (χ3v) is 4.38. The number of hydrogen-bond donors (Lipinski definition) is 1. The summed E-state index contributed by atoms with van der Waals surface area (Å²) in [7, 11) is -3.30. The second kappa shape index (κ2) is 6.10. The number of pyridine rings is 1. The summed E-state index contributed by atoms with van der Waals surface area (Å²) < 4.78 is 24.7. The standard InChI is InChI=1S/C16H17N3O3S/c1-23(21,22)18-11-14-10-13(6-8-17-14)16(20)19-9-7-12-4-2-3-5-15(12)19/h2-6,8,10,18H,7,9,11H2,1H3. The fourth-order valence-electron chi connectivity index (χ4n) is 2.62. The fraction of sp³-hybridized carbons (Fsp3) is 0.250. The van der Waals surface area contributed by atoms with Crippen LogP contribution in [0.25, 0.3) is 0 Å². The molecule has 3 rings (SSSR count). The fourth-order valence-corrected chi connectivity index (χ4v) is 3.03. The molecule has 23 heavy (non-hydrogen) atoms. The van der Waals surface area contributed by atoms with Gasteiger partial charge in [-0.2, -0.15) is 0 Å². The Morgan fingerprint density at radius 3 is 2.87 bits per heavy atom. The maximum Gasteiger partial charge on any atom is 0.258 e. The molecule has 0 aliphatic carbocycles. The Balaban J connectivity index is 1.81. The van der Waals surface area contributed by atoms with Crippen molar-refractivity contribution < 1.29 is 13.2 Å². The highest BCUT2D eigenvalue weighted by molar-refractivity contribution is 7.88. The van der Waals surface area contributed by atoms with Crippen molar-refractivity contribution in [2.45, 2.75) is 13.0 Å². The quantitative estimate of drug-likeness (QED) is 0.917. The van der Waals surface area contributed by atoms with Crippen LogP contribution in [0.2, 0.25) is 0 Å². The number of amides is 1. The van der Waals surface area contributed by atoms with Crippen LogP contribution in [0.15, 0.2) is 42.6 Å². The van der Waals surface area contributed by atoms with Gasteiger partial charge in [0.25, 0.3) is 5.91 Å². The molecule has 6 nitrogen and oxygen atoms in total. The van der Waals surface area contributed by atoms with Gasteiger partial charge in [0.15, 0.2) is 0 Å².